The molecule has 1 aromatic rings. The Hall–Kier alpha value is -1.50. The van der Waals surface area contributed by atoms with E-state index in [4.69, 9.17) is 11.0 Å². The predicted molar refractivity (Wildman–Crippen MR) is 48.9 cm³/mol. The molecule has 0 aromatic carbocycles. The largest absolute Gasteiger partial charge is 0.381 e. The smallest absolute Gasteiger partial charge is 0.163 e. The van der Waals surface area contributed by atoms with Crippen LogP contribution in [0.3, 0.4) is 0 Å². The van der Waals surface area contributed by atoms with Gasteiger partial charge in [0.05, 0.1) is 6.04 Å². The van der Waals surface area contributed by atoms with E-state index in [-0.39, 0.29) is 0 Å². The number of hydrogen-bond donors (Lipinski definition) is 1. The molecule has 1 fully saturated rings. The van der Waals surface area contributed by atoms with Gasteiger partial charge in [0, 0.05) is 6.20 Å². The van der Waals surface area contributed by atoms with Gasteiger partial charge in [0.1, 0.15) is 11.6 Å². The SMILES string of the molecule is N#Cc1cn(C2CCCC2)nc1N. The Morgan fingerprint density at radius 2 is 2.23 bits per heavy atom. The molecular formula is C9H12N4. The average molecular weight is 176 g/mol. The van der Waals surface area contributed by atoms with Gasteiger partial charge in [-0.2, -0.15) is 10.4 Å². The van der Waals surface area contributed by atoms with Crippen LogP contribution in [0.5, 0.6) is 0 Å². The molecule has 1 saturated carbocycles. The lowest BCUT2D eigenvalue weighted by Gasteiger charge is -2.07. The van der Waals surface area contributed by atoms with Crippen LogP contribution < -0.4 is 5.73 Å². The first-order valence-electron chi connectivity index (χ1n) is 4.56. The van der Waals surface area contributed by atoms with Crippen LogP contribution in [0.15, 0.2) is 6.20 Å². The molecule has 1 aromatic heterocycles. The summed E-state index contributed by atoms with van der Waals surface area (Å²) in [5, 5.41) is 12.8. The van der Waals surface area contributed by atoms with Crippen molar-refractivity contribution >= 4 is 5.82 Å². The number of nitrogens with two attached hydrogens (primary N) is 1. The van der Waals surface area contributed by atoms with E-state index >= 15 is 0 Å². The number of nitriles is 1. The highest BCUT2D eigenvalue weighted by Gasteiger charge is 2.18. The maximum atomic E-state index is 8.69. The van der Waals surface area contributed by atoms with E-state index in [1.165, 1.54) is 12.8 Å². The van der Waals surface area contributed by atoms with Crippen LogP contribution in [0.25, 0.3) is 0 Å². The van der Waals surface area contributed by atoms with Crippen molar-refractivity contribution in [2.24, 2.45) is 0 Å². The first-order valence-corrected chi connectivity index (χ1v) is 4.56. The van der Waals surface area contributed by atoms with Crippen LogP contribution in [0.1, 0.15) is 37.3 Å². The van der Waals surface area contributed by atoms with Crippen LogP contribution in [0, 0.1) is 11.3 Å². The Labute approximate surface area is 77.0 Å². The lowest BCUT2D eigenvalue weighted by molar-refractivity contribution is 0.468. The van der Waals surface area contributed by atoms with Crippen molar-refractivity contribution in [1.82, 2.24) is 9.78 Å². The minimum atomic E-state index is 0.356. The van der Waals surface area contributed by atoms with E-state index in [2.05, 4.69) is 5.10 Å². The molecule has 68 valence electrons. The van der Waals surface area contributed by atoms with Gasteiger partial charge in [0.15, 0.2) is 5.82 Å². The molecule has 0 spiro atoms. The fourth-order valence-corrected chi connectivity index (χ4v) is 1.85. The second-order valence-electron chi connectivity index (χ2n) is 3.46. The topological polar surface area (TPSA) is 67.6 Å². The molecule has 0 amide bonds. The van der Waals surface area contributed by atoms with E-state index in [0.29, 0.717) is 17.4 Å². The number of anilines is 1. The van der Waals surface area contributed by atoms with Crippen LogP contribution in [-0.2, 0) is 0 Å². The molecule has 0 bridgehead atoms. The van der Waals surface area contributed by atoms with Gasteiger partial charge in [-0.25, -0.2) is 0 Å². The Bertz CT molecular complexity index is 341. The molecule has 4 heteroatoms. The van der Waals surface area contributed by atoms with Crippen molar-refractivity contribution < 1.29 is 0 Å². The van der Waals surface area contributed by atoms with Gasteiger partial charge in [0.2, 0.25) is 0 Å². The first-order chi connectivity index (χ1) is 6.31. The minimum Gasteiger partial charge on any atom is -0.381 e. The van der Waals surface area contributed by atoms with E-state index in [0.717, 1.165) is 12.8 Å². The molecular weight excluding hydrogens is 164 g/mol. The first kappa shape index (κ1) is 8.11. The molecule has 2 rings (SSSR count). The number of hydrogen-bond acceptors (Lipinski definition) is 3. The van der Waals surface area contributed by atoms with Crippen LogP contribution in [0.4, 0.5) is 5.82 Å². The molecule has 0 atom stereocenters. The highest BCUT2D eigenvalue weighted by molar-refractivity contribution is 5.46. The molecule has 2 N–H and O–H groups in total. The fraction of sp³-hybridized carbons (Fsp3) is 0.556. The summed E-state index contributed by atoms with van der Waals surface area (Å²) in [5.74, 6) is 0.356. The third-order valence-electron chi connectivity index (χ3n) is 2.58. The van der Waals surface area contributed by atoms with Gasteiger partial charge in [-0.3, -0.25) is 4.68 Å². The summed E-state index contributed by atoms with van der Waals surface area (Å²) in [6.07, 6.45) is 6.59. The maximum Gasteiger partial charge on any atom is 0.163 e. The monoisotopic (exact) mass is 176 g/mol. The Kier molecular flexibility index (Phi) is 1.93. The van der Waals surface area contributed by atoms with Gasteiger partial charge < -0.3 is 5.73 Å². The van der Waals surface area contributed by atoms with Crippen LogP contribution in [-0.4, -0.2) is 9.78 Å². The summed E-state index contributed by atoms with van der Waals surface area (Å²) < 4.78 is 1.85. The summed E-state index contributed by atoms with van der Waals surface area (Å²) >= 11 is 0. The molecule has 0 unspecified atom stereocenters. The zero-order valence-electron chi connectivity index (χ0n) is 7.40. The molecule has 4 nitrogen and oxygen atoms in total. The third-order valence-corrected chi connectivity index (χ3v) is 2.58. The van der Waals surface area contributed by atoms with E-state index in [1.54, 1.807) is 6.20 Å². The average Bonchev–Trinajstić information content (AvgIpc) is 2.71. The molecule has 0 radical (unpaired) electrons. The van der Waals surface area contributed by atoms with Crippen molar-refractivity contribution in [2.75, 3.05) is 5.73 Å². The van der Waals surface area contributed by atoms with Gasteiger partial charge >= 0.3 is 0 Å². The molecule has 13 heavy (non-hydrogen) atoms. The number of rotatable bonds is 1. The van der Waals surface area contributed by atoms with Crippen molar-refractivity contribution in [2.45, 2.75) is 31.7 Å². The maximum absolute atomic E-state index is 8.69. The summed E-state index contributed by atoms with van der Waals surface area (Å²) in [7, 11) is 0. The van der Waals surface area contributed by atoms with E-state index in [9.17, 15) is 0 Å². The van der Waals surface area contributed by atoms with E-state index in [1.807, 2.05) is 10.8 Å². The molecule has 1 aliphatic carbocycles. The summed E-state index contributed by atoms with van der Waals surface area (Å²) in [4.78, 5) is 0. The van der Waals surface area contributed by atoms with Crippen molar-refractivity contribution in [3.63, 3.8) is 0 Å². The zero-order chi connectivity index (χ0) is 9.26. The Morgan fingerprint density at radius 1 is 1.54 bits per heavy atom. The molecule has 0 aliphatic heterocycles. The number of nitrogens with zero attached hydrogens (tertiary/aromatic N) is 3. The summed E-state index contributed by atoms with van der Waals surface area (Å²) in [6.45, 7) is 0. The minimum absolute atomic E-state index is 0.356. The summed E-state index contributed by atoms with van der Waals surface area (Å²) in [6, 6.07) is 2.49. The number of nitrogen functional groups attached to an aromatic ring is 1. The standard InChI is InChI=1S/C9H12N4/c10-5-7-6-13(12-9(7)11)8-3-1-2-4-8/h6,8H,1-4H2,(H2,11,12). The second-order valence-corrected chi connectivity index (χ2v) is 3.46. The Morgan fingerprint density at radius 3 is 2.77 bits per heavy atom. The molecule has 1 aliphatic rings. The molecule has 0 saturated heterocycles. The summed E-state index contributed by atoms with van der Waals surface area (Å²) in [5.41, 5.74) is 6.06. The van der Waals surface area contributed by atoms with Gasteiger partial charge in [-0.1, -0.05) is 12.8 Å². The van der Waals surface area contributed by atoms with Crippen LogP contribution >= 0.6 is 0 Å². The van der Waals surface area contributed by atoms with Gasteiger partial charge in [-0.05, 0) is 12.8 Å². The van der Waals surface area contributed by atoms with Crippen molar-refractivity contribution in [3.05, 3.63) is 11.8 Å². The molecule has 1 heterocycles. The second kappa shape index (κ2) is 3.09. The highest BCUT2D eigenvalue weighted by Crippen LogP contribution is 2.29. The Balaban J connectivity index is 2.26. The van der Waals surface area contributed by atoms with Gasteiger partial charge in [-0.15, -0.1) is 0 Å². The highest BCUT2D eigenvalue weighted by atomic mass is 15.3. The number of aromatic nitrogens is 2. The van der Waals surface area contributed by atoms with Crippen molar-refractivity contribution in [3.8, 4) is 6.07 Å². The van der Waals surface area contributed by atoms with Crippen molar-refractivity contribution in [1.29, 1.82) is 5.26 Å². The van der Waals surface area contributed by atoms with Crippen LogP contribution in [0.2, 0.25) is 0 Å². The third kappa shape index (κ3) is 1.37. The zero-order valence-corrected chi connectivity index (χ0v) is 7.40. The quantitative estimate of drug-likeness (QED) is 0.704. The lowest BCUT2D eigenvalue weighted by Crippen LogP contribution is -2.05. The predicted octanol–water partition coefficient (Wildman–Crippen LogP) is 1.45. The fourth-order valence-electron chi connectivity index (χ4n) is 1.85. The van der Waals surface area contributed by atoms with Gasteiger partial charge in [0.25, 0.3) is 0 Å². The lowest BCUT2D eigenvalue weighted by atomic mass is 10.2. The normalized spacial score (nSPS) is 17.5. The van der Waals surface area contributed by atoms with E-state index < -0.39 is 0 Å².